The molecule has 0 saturated carbocycles. The predicted octanol–water partition coefficient (Wildman–Crippen LogP) is 3.48. The minimum atomic E-state index is -0.447. The molecule has 1 aromatic carbocycles. The standard InChI is InChI=1S/C12H17ClN2O2/c1-3-4-7-14(2)9-10-5-6-11(13)12(8-10)15(16)17/h5-6,8H,3-4,7,9H2,1-2H3. The first-order chi connectivity index (χ1) is 8.04. The molecule has 0 spiro atoms. The molecule has 1 aromatic rings. The first-order valence-corrected chi connectivity index (χ1v) is 6.03. The molecule has 94 valence electrons. The lowest BCUT2D eigenvalue weighted by atomic mass is 10.2. The van der Waals surface area contributed by atoms with Crippen molar-refractivity contribution in [1.29, 1.82) is 0 Å². The zero-order valence-electron chi connectivity index (χ0n) is 10.1. The van der Waals surface area contributed by atoms with Crippen molar-refractivity contribution < 1.29 is 4.92 Å². The van der Waals surface area contributed by atoms with E-state index >= 15 is 0 Å². The SMILES string of the molecule is CCCCN(C)Cc1ccc(Cl)c([N+](=O)[O-])c1. The van der Waals surface area contributed by atoms with Gasteiger partial charge in [0, 0.05) is 12.6 Å². The average Bonchev–Trinajstić information content (AvgIpc) is 2.28. The quantitative estimate of drug-likeness (QED) is 0.578. The van der Waals surface area contributed by atoms with Crippen LogP contribution >= 0.6 is 11.6 Å². The predicted molar refractivity (Wildman–Crippen MR) is 69.3 cm³/mol. The molecule has 0 amide bonds. The molecule has 0 aliphatic heterocycles. The zero-order valence-corrected chi connectivity index (χ0v) is 10.9. The molecule has 0 N–H and O–H groups in total. The minimum Gasteiger partial charge on any atom is -0.302 e. The fraction of sp³-hybridized carbons (Fsp3) is 0.500. The molecule has 0 heterocycles. The van der Waals surface area contributed by atoms with Gasteiger partial charge in [-0.25, -0.2) is 0 Å². The van der Waals surface area contributed by atoms with Gasteiger partial charge in [0.25, 0.3) is 5.69 Å². The van der Waals surface area contributed by atoms with Crippen molar-refractivity contribution in [3.8, 4) is 0 Å². The van der Waals surface area contributed by atoms with Gasteiger partial charge in [-0.1, -0.05) is 31.0 Å². The lowest BCUT2D eigenvalue weighted by Crippen LogP contribution is -2.18. The van der Waals surface area contributed by atoms with Crippen LogP contribution in [0.2, 0.25) is 5.02 Å². The van der Waals surface area contributed by atoms with Crippen molar-refractivity contribution in [1.82, 2.24) is 4.90 Å². The summed E-state index contributed by atoms with van der Waals surface area (Å²) in [6.07, 6.45) is 2.28. The van der Waals surface area contributed by atoms with Gasteiger partial charge in [0.15, 0.2) is 0 Å². The molecule has 0 saturated heterocycles. The first-order valence-electron chi connectivity index (χ1n) is 5.66. The van der Waals surface area contributed by atoms with E-state index in [4.69, 9.17) is 11.6 Å². The molecule has 4 nitrogen and oxygen atoms in total. The molecule has 0 fully saturated rings. The molecule has 0 radical (unpaired) electrons. The summed E-state index contributed by atoms with van der Waals surface area (Å²) >= 11 is 5.76. The van der Waals surface area contributed by atoms with E-state index in [1.807, 2.05) is 13.1 Å². The van der Waals surface area contributed by atoms with Crippen LogP contribution in [-0.2, 0) is 6.54 Å². The van der Waals surface area contributed by atoms with Crippen molar-refractivity contribution in [2.45, 2.75) is 26.3 Å². The highest BCUT2D eigenvalue weighted by molar-refractivity contribution is 6.32. The number of hydrogen-bond donors (Lipinski definition) is 0. The first kappa shape index (κ1) is 13.9. The fourth-order valence-corrected chi connectivity index (χ4v) is 1.80. The van der Waals surface area contributed by atoms with Crippen molar-refractivity contribution >= 4 is 17.3 Å². The van der Waals surface area contributed by atoms with Crippen LogP contribution in [0.5, 0.6) is 0 Å². The molecule has 0 aliphatic rings. The summed E-state index contributed by atoms with van der Waals surface area (Å²) in [4.78, 5) is 12.4. The highest BCUT2D eigenvalue weighted by Crippen LogP contribution is 2.25. The Bertz CT molecular complexity index is 396. The van der Waals surface area contributed by atoms with E-state index in [1.165, 1.54) is 0 Å². The Morgan fingerprint density at radius 2 is 2.18 bits per heavy atom. The Morgan fingerprint density at radius 3 is 2.76 bits per heavy atom. The maximum absolute atomic E-state index is 10.7. The molecule has 0 atom stereocenters. The van der Waals surface area contributed by atoms with Gasteiger partial charge in [0.1, 0.15) is 5.02 Å². The summed E-state index contributed by atoms with van der Waals surface area (Å²) in [5.74, 6) is 0. The molecule has 0 aliphatic carbocycles. The third kappa shape index (κ3) is 4.32. The van der Waals surface area contributed by atoms with Crippen LogP contribution in [0.1, 0.15) is 25.3 Å². The summed E-state index contributed by atoms with van der Waals surface area (Å²) in [6.45, 7) is 3.84. The Balaban J connectivity index is 2.72. The number of benzene rings is 1. The van der Waals surface area contributed by atoms with Crippen LogP contribution in [0.3, 0.4) is 0 Å². The summed E-state index contributed by atoms with van der Waals surface area (Å²) < 4.78 is 0. The van der Waals surface area contributed by atoms with Crippen molar-refractivity contribution in [3.63, 3.8) is 0 Å². The molecular weight excluding hydrogens is 240 g/mol. The molecule has 17 heavy (non-hydrogen) atoms. The van der Waals surface area contributed by atoms with E-state index in [2.05, 4.69) is 11.8 Å². The maximum atomic E-state index is 10.7. The highest BCUT2D eigenvalue weighted by Gasteiger charge is 2.13. The molecule has 0 aromatic heterocycles. The van der Waals surface area contributed by atoms with Crippen LogP contribution in [0.15, 0.2) is 18.2 Å². The second-order valence-electron chi connectivity index (χ2n) is 4.13. The fourth-order valence-electron chi connectivity index (χ4n) is 1.62. The molecule has 5 heteroatoms. The molecule has 1 rings (SSSR count). The van der Waals surface area contributed by atoms with E-state index in [0.29, 0.717) is 6.54 Å². The monoisotopic (exact) mass is 256 g/mol. The summed E-state index contributed by atoms with van der Waals surface area (Å²) in [7, 11) is 2.01. The normalized spacial score (nSPS) is 10.8. The van der Waals surface area contributed by atoms with Gasteiger partial charge in [-0.15, -0.1) is 0 Å². The third-order valence-electron chi connectivity index (χ3n) is 2.55. The number of hydrogen-bond acceptors (Lipinski definition) is 3. The Morgan fingerprint density at radius 1 is 1.47 bits per heavy atom. The lowest BCUT2D eigenvalue weighted by Gasteiger charge is -2.16. The second-order valence-corrected chi connectivity index (χ2v) is 4.54. The summed E-state index contributed by atoms with van der Waals surface area (Å²) in [6, 6.07) is 4.96. The van der Waals surface area contributed by atoms with E-state index in [-0.39, 0.29) is 10.7 Å². The number of nitro benzene ring substituents is 1. The topological polar surface area (TPSA) is 46.4 Å². The van der Waals surface area contributed by atoms with Gasteiger partial charge in [0.2, 0.25) is 0 Å². The van der Waals surface area contributed by atoms with Crippen LogP contribution < -0.4 is 0 Å². The van der Waals surface area contributed by atoms with E-state index in [9.17, 15) is 10.1 Å². The van der Waals surface area contributed by atoms with E-state index in [1.54, 1.807) is 12.1 Å². The highest BCUT2D eigenvalue weighted by atomic mass is 35.5. The second kappa shape index (κ2) is 6.57. The van der Waals surface area contributed by atoms with Gasteiger partial charge in [-0.3, -0.25) is 10.1 Å². The summed E-state index contributed by atoms with van der Waals surface area (Å²) in [5, 5.41) is 10.9. The number of unbranched alkanes of at least 4 members (excludes halogenated alkanes) is 1. The van der Waals surface area contributed by atoms with E-state index in [0.717, 1.165) is 24.9 Å². The van der Waals surface area contributed by atoms with Gasteiger partial charge in [0.05, 0.1) is 4.92 Å². The molecule has 0 unspecified atom stereocenters. The third-order valence-corrected chi connectivity index (χ3v) is 2.87. The number of nitro groups is 1. The van der Waals surface area contributed by atoms with Crippen LogP contribution in [-0.4, -0.2) is 23.4 Å². The average molecular weight is 257 g/mol. The van der Waals surface area contributed by atoms with Gasteiger partial charge >= 0.3 is 0 Å². The lowest BCUT2D eigenvalue weighted by molar-refractivity contribution is -0.384. The maximum Gasteiger partial charge on any atom is 0.288 e. The van der Waals surface area contributed by atoms with Crippen LogP contribution in [0.25, 0.3) is 0 Å². The number of rotatable bonds is 6. The Kier molecular flexibility index (Phi) is 5.38. The van der Waals surface area contributed by atoms with Crippen LogP contribution in [0, 0.1) is 10.1 Å². The zero-order chi connectivity index (χ0) is 12.8. The van der Waals surface area contributed by atoms with Crippen molar-refractivity contribution in [3.05, 3.63) is 38.9 Å². The summed E-state index contributed by atoms with van der Waals surface area (Å²) in [5.41, 5.74) is 0.896. The van der Waals surface area contributed by atoms with E-state index < -0.39 is 4.92 Å². The van der Waals surface area contributed by atoms with Gasteiger partial charge < -0.3 is 4.90 Å². The van der Waals surface area contributed by atoms with Gasteiger partial charge in [-0.2, -0.15) is 0 Å². The molecular formula is C12H17ClN2O2. The Hall–Kier alpha value is -1.13. The van der Waals surface area contributed by atoms with Crippen molar-refractivity contribution in [2.75, 3.05) is 13.6 Å². The largest absolute Gasteiger partial charge is 0.302 e. The minimum absolute atomic E-state index is 0.0203. The molecule has 0 bridgehead atoms. The smallest absolute Gasteiger partial charge is 0.288 e. The number of halogens is 1. The van der Waals surface area contributed by atoms with Gasteiger partial charge in [-0.05, 0) is 31.6 Å². The van der Waals surface area contributed by atoms with Crippen LogP contribution in [0.4, 0.5) is 5.69 Å². The number of nitrogens with zero attached hydrogens (tertiary/aromatic N) is 2. The van der Waals surface area contributed by atoms with Crippen molar-refractivity contribution in [2.24, 2.45) is 0 Å². The Labute approximate surface area is 106 Å².